The average Bonchev–Trinajstić information content (AvgIpc) is 3.14. The van der Waals surface area contributed by atoms with Crippen LogP contribution in [-0.2, 0) is 27.7 Å². The fourth-order valence-corrected chi connectivity index (χ4v) is 4.07. The van der Waals surface area contributed by atoms with Crippen LogP contribution in [0.25, 0.3) is 11.1 Å². The second-order valence-corrected chi connectivity index (χ2v) is 9.39. The first-order valence-electron chi connectivity index (χ1n) is 8.39. The molecule has 3 rings (SSSR count). The van der Waals surface area contributed by atoms with E-state index in [-0.39, 0.29) is 6.54 Å². The first kappa shape index (κ1) is 19.3. The van der Waals surface area contributed by atoms with E-state index in [9.17, 15) is 13.2 Å². The van der Waals surface area contributed by atoms with Gasteiger partial charge >= 0.3 is 0 Å². The van der Waals surface area contributed by atoms with Gasteiger partial charge in [-0.15, -0.1) is 11.3 Å². The van der Waals surface area contributed by atoms with Gasteiger partial charge in [-0.1, -0.05) is 54.6 Å². The van der Waals surface area contributed by atoms with Gasteiger partial charge in [0.1, 0.15) is 10.8 Å². The third-order valence-electron chi connectivity index (χ3n) is 4.01. The van der Waals surface area contributed by atoms with Crippen LogP contribution in [0.4, 0.5) is 0 Å². The molecule has 0 N–H and O–H groups in total. The van der Waals surface area contributed by atoms with Crippen LogP contribution in [-0.4, -0.2) is 36.2 Å². The minimum Gasteiger partial charge on any atom is -0.331 e. The van der Waals surface area contributed by atoms with Crippen LogP contribution in [0, 0.1) is 0 Å². The molecule has 0 atom stereocenters. The van der Waals surface area contributed by atoms with E-state index in [1.807, 2.05) is 60.0 Å². The molecule has 0 aliphatic carbocycles. The van der Waals surface area contributed by atoms with E-state index >= 15 is 0 Å². The van der Waals surface area contributed by atoms with Crippen molar-refractivity contribution in [3.05, 3.63) is 76.7 Å². The summed E-state index contributed by atoms with van der Waals surface area (Å²) >= 11 is 1.44. The number of nitrogens with zero attached hydrogens (tertiary/aromatic N) is 2. The molecule has 3 aromatic rings. The van der Waals surface area contributed by atoms with Crippen molar-refractivity contribution >= 4 is 27.1 Å². The van der Waals surface area contributed by atoms with E-state index in [1.165, 1.54) is 11.3 Å². The maximum Gasteiger partial charge on any atom is 0.238 e. The van der Waals surface area contributed by atoms with Crippen LogP contribution < -0.4 is 0 Å². The molecule has 0 fully saturated rings. The minimum absolute atomic E-state index is 0.287. The van der Waals surface area contributed by atoms with E-state index in [0.717, 1.165) is 28.0 Å². The number of rotatable bonds is 7. The minimum atomic E-state index is -3.41. The largest absolute Gasteiger partial charge is 0.331 e. The number of hydrogen-bond acceptors (Lipinski definition) is 5. The van der Waals surface area contributed by atoms with E-state index < -0.39 is 21.5 Å². The number of carbonyl (C=O) groups is 1. The van der Waals surface area contributed by atoms with Crippen LogP contribution in [0.3, 0.4) is 0 Å². The number of aromatic nitrogens is 1. The van der Waals surface area contributed by atoms with Crippen LogP contribution in [0.2, 0.25) is 0 Å². The lowest BCUT2D eigenvalue weighted by Crippen LogP contribution is -2.34. The Kier molecular flexibility index (Phi) is 6.03. The molecular weight excluding hydrogens is 380 g/mol. The molecule has 0 aliphatic rings. The number of amides is 1. The molecule has 27 heavy (non-hydrogen) atoms. The van der Waals surface area contributed by atoms with E-state index in [0.29, 0.717) is 6.54 Å². The van der Waals surface area contributed by atoms with Crippen molar-refractivity contribution in [1.29, 1.82) is 0 Å². The zero-order chi connectivity index (χ0) is 19.3. The highest BCUT2D eigenvalue weighted by Gasteiger charge is 2.21. The molecule has 5 nitrogen and oxygen atoms in total. The van der Waals surface area contributed by atoms with Gasteiger partial charge in [0.05, 0.1) is 6.54 Å². The smallest absolute Gasteiger partial charge is 0.238 e. The van der Waals surface area contributed by atoms with Gasteiger partial charge in [0.2, 0.25) is 5.91 Å². The summed E-state index contributed by atoms with van der Waals surface area (Å²) in [7, 11) is -3.41. The van der Waals surface area contributed by atoms with E-state index in [2.05, 4.69) is 4.98 Å². The second kappa shape index (κ2) is 8.45. The molecule has 0 spiro atoms. The Hall–Kier alpha value is -2.51. The maximum absolute atomic E-state index is 12.7. The first-order valence-corrected chi connectivity index (χ1v) is 11.3. The summed E-state index contributed by atoms with van der Waals surface area (Å²) in [6, 6.07) is 17.8. The first-order chi connectivity index (χ1) is 12.9. The van der Waals surface area contributed by atoms with Crippen LogP contribution in [0.5, 0.6) is 0 Å². The molecule has 1 amide bonds. The molecule has 2 aromatic carbocycles. The van der Waals surface area contributed by atoms with E-state index in [4.69, 9.17) is 0 Å². The number of sulfone groups is 1. The fraction of sp³-hybridized carbons (Fsp3) is 0.200. The number of hydrogen-bond donors (Lipinski definition) is 0. The van der Waals surface area contributed by atoms with Crippen molar-refractivity contribution in [1.82, 2.24) is 9.88 Å². The molecule has 0 saturated heterocycles. The Bertz CT molecular complexity index is 1000. The fourth-order valence-electron chi connectivity index (χ4n) is 2.81. The molecule has 0 saturated carbocycles. The SMILES string of the molecule is CS(=O)(=O)CC(=O)N(Cc1nccs1)Cc1ccccc1-c1ccccc1. The number of thiazole rings is 1. The third kappa shape index (κ3) is 5.48. The molecule has 0 unspecified atom stereocenters. The monoisotopic (exact) mass is 400 g/mol. The quantitative estimate of drug-likeness (QED) is 0.610. The van der Waals surface area contributed by atoms with E-state index in [1.54, 1.807) is 11.1 Å². The second-order valence-electron chi connectivity index (χ2n) is 6.27. The third-order valence-corrected chi connectivity index (χ3v) is 5.55. The van der Waals surface area contributed by atoms with Crippen molar-refractivity contribution in [2.75, 3.05) is 12.0 Å². The lowest BCUT2D eigenvalue weighted by molar-refractivity contribution is -0.129. The molecular formula is C20H20N2O3S2. The van der Waals surface area contributed by atoms with Gasteiger partial charge in [-0.05, 0) is 16.7 Å². The van der Waals surface area contributed by atoms with Gasteiger partial charge in [-0.25, -0.2) is 13.4 Å². The summed E-state index contributed by atoms with van der Waals surface area (Å²) in [5, 5.41) is 2.61. The lowest BCUT2D eigenvalue weighted by atomic mass is 9.99. The predicted molar refractivity (Wildman–Crippen MR) is 108 cm³/mol. The standard InChI is InChI=1S/C20H20N2O3S2/c1-27(24,25)15-20(23)22(14-19-21-11-12-26-19)13-17-9-5-6-10-18(17)16-7-3-2-4-8-16/h2-12H,13-15H2,1H3. The Morgan fingerprint density at radius 1 is 1.04 bits per heavy atom. The van der Waals surface area contributed by atoms with Gasteiger partial charge in [0, 0.05) is 24.4 Å². The van der Waals surface area contributed by atoms with Gasteiger partial charge in [0.25, 0.3) is 0 Å². The summed E-state index contributed by atoms with van der Waals surface area (Å²) in [5.74, 6) is -0.929. The van der Waals surface area contributed by atoms with Crippen LogP contribution in [0.15, 0.2) is 66.2 Å². The highest BCUT2D eigenvalue weighted by molar-refractivity contribution is 7.91. The van der Waals surface area contributed by atoms with Crippen molar-refractivity contribution in [3.8, 4) is 11.1 Å². The van der Waals surface area contributed by atoms with Gasteiger partial charge in [-0.3, -0.25) is 4.79 Å². The molecule has 140 valence electrons. The molecule has 7 heteroatoms. The van der Waals surface area contributed by atoms with Crippen molar-refractivity contribution in [3.63, 3.8) is 0 Å². The molecule has 1 heterocycles. The normalized spacial score (nSPS) is 11.3. The molecule has 0 aliphatic heterocycles. The highest BCUT2D eigenvalue weighted by Crippen LogP contribution is 2.25. The van der Waals surface area contributed by atoms with Crippen molar-refractivity contribution in [2.45, 2.75) is 13.1 Å². The lowest BCUT2D eigenvalue weighted by Gasteiger charge is -2.23. The summed E-state index contributed by atoms with van der Waals surface area (Å²) in [5.41, 5.74) is 3.04. The van der Waals surface area contributed by atoms with Gasteiger partial charge < -0.3 is 4.90 Å². The summed E-state index contributed by atoms with van der Waals surface area (Å²) in [6.45, 7) is 0.605. The summed E-state index contributed by atoms with van der Waals surface area (Å²) in [4.78, 5) is 18.5. The van der Waals surface area contributed by atoms with Crippen LogP contribution in [0.1, 0.15) is 10.6 Å². The maximum atomic E-state index is 12.7. The summed E-state index contributed by atoms with van der Waals surface area (Å²) in [6.07, 6.45) is 2.75. The van der Waals surface area contributed by atoms with Gasteiger partial charge in [-0.2, -0.15) is 0 Å². The zero-order valence-electron chi connectivity index (χ0n) is 14.9. The highest BCUT2D eigenvalue weighted by atomic mass is 32.2. The molecule has 0 bridgehead atoms. The Morgan fingerprint density at radius 2 is 1.74 bits per heavy atom. The Balaban J connectivity index is 1.91. The number of benzene rings is 2. The zero-order valence-corrected chi connectivity index (χ0v) is 16.5. The summed E-state index contributed by atoms with van der Waals surface area (Å²) < 4.78 is 23.3. The van der Waals surface area contributed by atoms with Crippen molar-refractivity contribution < 1.29 is 13.2 Å². The predicted octanol–water partition coefficient (Wildman–Crippen LogP) is 3.38. The van der Waals surface area contributed by atoms with Crippen LogP contribution >= 0.6 is 11.3 Å². The van der Waals surface area contributed by atoms with Crippen molar-refractivity contribution in [2.24, 2.45) is 0 Å². The average molecular weight is 401 g/mol. The Labute approximate surface area is 163 Å². The number of carbonyl (C=O) groups excluding carboxylic acids is 1. The van der Waals surface area contributed by atoms with Gasteiger partial charge in [0.15, 0.2) is 9.84 Å². The Morgan fingerprint density at radius 3 is 2.41 bits per heavy atom. The topological polar surface area (TPSA) is 67.3 Å². The molecule has 1 aromatic heterocycles. The molecule has 0 radical (unpaired) electrons.